The molecule has 0 unspecified atom stereocenters. The summed E-state index contributed by atoms with van der Waals surface area (Å²) in [6, 6.07) is 15.5. The van der Waals surface area contributed by atoms with Crippen molar-refractivity contribution in [3.05, 3.63) is 54.7 Å². The molecule has 3 rings (SSSR count). The van der Waals surface area contributed by atoms with Crippen LogP contribution in [0, 0.1) is 0 Å². The lowest BCUT2D eigenvalue weighted by atomic mass is 10.1. The number of nitrogens with zero attached hydrogens (tertiary/aromatic N) is 3. The van der Waals surface area contributed by atoms with Crippen molar-refractivity contribution >= 4 is 0 Å². The van der Waals surface area contributed by atoms with Crippen molar-refractivity contribution < 1.29 is 9.47 Å². The number of hydrogen-bond donors (Lipinski definition) is 0. The molecule has 0 aliphatic carbocycles. The van der Waals surface area contributed by atoms with Crippen molar-refractivity contribution in [3.63, 3.8) is 0 Å². The first-order chi connectivity index (χ1) is 10.8. The molecule has 2 heterocycles. The first kappa shape index (κ1) is 14.1. The Morgan fingerprint density at radius 1 is 1.09 bits per heavy atom. The third-order valence-corrected chi connectivity index (χ3v) is 3.23. The molecule has 0 spiro atoms. The Morgan fingerprint density at radius 2 is 1.91 bits per heavy atom. The third-order valence-electron chi connectivity index (χ3n) is 3.23. The van der Waals surface area contributed by atoms with Gasteiger partial charge in [-0.1, -0.05) is 6.07 Å². The summed E-state index contributed by atoms with van der Waals surface area (Å²) >= 11 is 0. The number of methoxy groups -OCH3 is 1. The van der Waals surface area contributed by atoms with Crippen molar-refractivity contribution in [3.8, 4) is 28.7 Å². The van der Waals surface area contributed by atoms with Crippen LogP contribution in [0.25, 0.3) is 17.1 Å². The normalized spacial score (nSPS) is 10.5. The zero-order chi connectivity index (χ0) is 15.4. The van der Waals surface area contributed by atoms with Gasteiger partial charge >= 0.3 is 0 Å². The van der Waals surface area contributed by atoms with Crippen molar-refractivity contribution in [2.24, 2.45) is 0 Å². The summed E-state index contributed by atoms with van der Waals surface area (Å²) < 4.78 is 12.5. The van der Waals surface area contributed by atoms with Gasteiger partial charge in [-0.25, -0.2) is 9.67 Å². The van der Waals surface area contributed by atoms with Gasteiger partial charge < -0.3 is 9.47 Å². The van der Waals surface area contributed by atoms with Crippen LogP contribution in [0.4, 0.5) is 0 Å². The lowest BCUT2D eigenvalue weighted by molar-refractivity contribution is 0.324. The molecular formula is C17H17N3O2. The monoisotopic (exact) mass is 295 g/mol. The summed E-state index contributed by atoms with van der Waals surface area (Å²) in [5.74, 6) is 2.15. The van der Waals surface area contributed by atoms with E-state index >= 15 is 0 Å². The molecule has 0 aliphatic heterocycles. The quantitative estimate of drug-likeness (QED) is 0.724. The third kappa shape index (κ3) is 2.79. The van der Waals surface area contributed by atoms with Gasteiger partial charge in [0.2, 0.25) is 5.88 Å². The maximum atomic E-state index is 5.53. The van der Waals surface area contributed by atoms with Gasteiger partial charge in [0.1, 0.15) is 5.75 Å². The van der Waals surface area contributed by atoms with Crippen LogP contribution >= 0.6 is 0 Å². The van der Waals surface area contributed by atoms with Crippen LogP contribution in [0.3, 0.4) is 0 Å². The van der Waals surface area contributed by atoms with Crippen molar-refractivity contribution in [1.82, 2.24) is 14.8 Å². The van der Waals surface area contributed by atoms with Crippen LogP contribution in [-0.2, 0) is 0 Å². The van der Waals surface area contributed by atoms with Crippen LogP contribution in [0.2, 0.25) is 0 Å². The molecule has 2 aromatic heterocycles. The second kappa shape index (κ2) is 6.30. The average Bonchev–Trinajstić information content (AvgIpc) is 3.00. The van der Waals surface area contributed by atoms with Crippen molar-refractivity contribution in [1.29, 1.82) is 0 Å². The second-order valence-electron chi connectivity index (χ2n) is 4.63. The van der Waals surface area contributed by atoms with E-state index in [9.17, 15) is 0 Å². The molecule has 0 saturated carbocycles. The zero-order valence-electron chi connectivity index (χ0n) is 12.6. The molecule has 5 nitrogen and oxygen atoms in total. The van der Waals surface area contributed by atoms with Gasteiger partial charge in [-0.3, -0.25) is 0 Å². The molecule has 5 heteroatoms. The minimum absolute atomic E-state index is 0.571. The molecule has 0 saturated heterocycles. The highest BCUT2D eigenvalue weighted by Crippen LogP contribution is 2.27. The number of rotatable bonds is 5. The largest absolute Gasteiger partial charge is 0.497 e. The smallest absolute Gasteiger partial charge is 0.233 e. The summed E-state index contributed by atoms with van der Waals surface area (Å²) in [6.07, 6.45) is 1.75. The lowest BCUT2D eigenvalue weighted by Crippen LogP contribution is -2.02. The van der Waals surface area contributed by atoms with Gasteiger partial charge in [0.15, 0.2) is 5.82 Å². The standard InChI is InChI=1S/C17H17N3O2/c1-3-22-17-12-15(13-7-9-14(21-2)10-8-13)20(19-17)16-6-4-5-11-18-16/h4-12H,3H2,1-2H3. The Balaban J connectivity index is 2.08. The van der Waals surface area contributed by atoms with Crippen LogP contribution in [-0.4, -0.2) is 28.5 Å². The number of pyridine rings is 1. The van der Waals surface area contributed by atoms with Gasteiger partial charge in [-0.05, 0) is 43.3 Å². The first-order valence-electron chi connectivity index (χ1n) is 7.10. The lowest BCUT2D eigenvalue weighted by Gasteiger charge is -2.07. The summed E-state index contributed by atoms with van der Waals surface area (Å²) in [5, 5.41) is 4.49. The van der Waals surface area contributed by atoms with Crippen molar-refractivity contribution in [2.45, 2.75) is 6.92 Å². The maximum absolute atomic E-state index is 5.53. The van der Waals surface area contributed by atoms with E-state index < -0.39 is 0 Å². The number of ether oxygens (including phenoxy) is 2. The fourth-order valence-electron chi connectivity index (χ4n) is 2.20. The molecule has 0 bridgehead atoms. The zero-order valence-corrected chi connectivity index (χ0v) is 12.6. The molecule has 3 aromatic rings. The van der Waals surface area contributed by atoms with Gasteiger partial charge in [-0.15, -0.1) is 5.10 Å². The van der Waals surface area contributed by atoms with E-state index in [0.717, 1.165) is 22.8 Å². The topological polar surface area (TPSA) is 49.2 Å². The average molecular weight is 295 g/mol. The predicted molar refractivity (Wildman–Crippen MR) is 84.5 cm³/mol. The summed E-state index contributed by atoms with van der Waals surface area (Å²) in [4.78, 5) is 4.36. The van der Waals surface area contributed by atoms with Crippen LogP contribution < -0.4 is 9.47 Å². The molecule has 0 fully saturated rings. The fraction of sp³-hybridized carbons (Fsp3) is 0.176. The summed E-state index contributed by atoms with van der Waals surface area (Å²) in [7, 11) is 1.65. The predicted octanol–water partition coefficient (Wildman–Crippen LogP) is 3.34. The van der Waals surface area contributed by atoms with E-state index in [0.29, 0.717) is 12.5 Å². The van der Waals surface area contributed by atoms with E-state index in [4.69, 9.17) is 9.47 Å². The minimum Gasteiger partial charge on any atom is -0.497 e. The highest BCUT2D eigenvalue weighted by molar-refractivity contribution is 5.63. The molecule has 0 atom stereocenters. The Hall–Kier alpha value is -2.82. The highest BCUT2D eigenvalue weighted by Gasteiger charge is 2.13. The Bertz CT molecular complexity index is 736. The van der Waals surface area contributed by atoms with E-state index in [1.54, 1.807) is 18.0 Å². The molecule has 1 aromatic carbocycles. The first-order valence-corrected chi connectivity index (χ1v) is 7.10. The minimum atomic E-state index is 0.571. The van der Waals surface area contributed by atoms with Crippen LogP contribution in [0.15, 0.2) is 54.7 Å². The molecule has 0 radical (unpaired) electrons. The van der Waals surface area contributed by atoms with E-state index in [2.05, 4.69) is 10.1 Å². The summed E-state index contributed by atoms with van der Waals surface area (Å²) in [6.45, 7) is 2.51. The number of aromatic nitrogens is 3. The van der Waals surface area contributed by atoms with Crippen LogP contribution in [0.5, 0.6) is 11.6 Å². The maximum Gasteiger partial charge on any atom is 0.233 e. The fourth-order valence-corrected chi connectivity index (χ4v) is 2.20. The van der Waals surface area contributed by atoms with Gasteiger partial charge in [0.25, 0.3) is 0 Å². The van der Waals surface area contributed by atoms with Gasteiger partial charge in [-0.2, -0.15) is 0 Å². The van der Waals surface area contributed by atoms with Crippen molar-refractivity contribution in [2.75, 3.05) is 13.7 Å². The number of benzene rings is 1. The Morgan fingerprint density at radius 3 is 2.55 bits per heavy atom. The van der Waals surface area contributed by atoms with E-state index in [1.807, 2.05) is 55.5 Å². The summed E-state index contributed by atoms with van der Waals surface area (Å²) in [5.41, 5.74) is 1.94. The molecule has 0 N–H and O–H groups in total. The van der Waals surface area contributed by atoms with E-state index in [1.165, 1.54) is 0 Å². The SMILES string of the molecule is CCOc1cc(-c2ccc(OC)cc2)n(-c2ccccn2)n1. The Kier molecular flexibility index (Phi) is 4.05. The molecular weight excluding hydrogens is 278 g/mol. The van der Waals surface area contributed by atoms with Gasteiger partial charge in [0, 0.05) is 17.8 Å². The van der Waals surface area contributed by atoms with Gasteiger partial charge in [0.05, 0.1) is 19.4 Å². The molecule has 0 amide bonds. The molecule has 22 heavy (non-hydrogen) atoms. The Labute approximate surface area is 129 Å². The molecule has 112 valence electrons. The van der Waals surface area contributed by atoms with Crippen LogP contribution in [0.1, 0.15) is 6.92 Å². The number of hydrogen-bond acceptors (Lipinski definition) is 4. The second-order valence-corrected chi connectivity index (χ2v) is 4.63. The van der Waals surface area contributed by atoms with E-state index in [-0.39, 0.29) is 0 Å². The molecule has 0 aliphatic rings. The highest BCUT2D eigenvalue weighted by atomic mass is 16.5.